The normalized spacial score (nSPS) is 13.1. The van der Waals surface area contributed by atoms with Crippen LogP contribution in [0.3, 0.4) is 0 Å². The Kier molecular flexibility index (Phi) is 4.98. The fourth-order valence-corrected chi connectivity index (χ4v) is 2.53. The van der Waals surface area contributed by atoms with Crippen LogP contribution < -0.4 is 5.32 Å². The molecule has 1 heteroatoms. The van der Waals surface area contributed by atoms with E-state index in [0.29, 0.717) is 6.04 Å². The third-order valence-corrected chi connectivity index (χ3v) is 3.80. The van der Waals surface area contributed by atoms with E-state index in [1.54, 1.807) is 0 Å². The molecule has 0 heterocycles. The molecule has 0 aromatic heterocycles. The van der Waals surface area contributed by atoms with Crippen LogP contribution in [0.25, 0.3) is 10.8 Å². The van der Waals surface area contributed by atoms with Gasteiger partial charge in [-0.2, -0.15) is 0 Å². The van der Waals surface area contributed by atoms with E-state index in [-0.39, 0.29) is 0 Å². The van der Waals surface area contributed by atoms with Crippen molar-refractivity contribution in [3.63, 3.8) is 0 Å². The third-order valence-electron chi connectivity index (χ3n) is 3.80. The molecular formula is C18H25N. The van der Waals surface area contributed by atoms with E-state index in [9.17, 15) is 0 Å². The number of fused-ring (bicyclic) bond motifs is 1. The van der Waals surface area contributed by atoms with Gasteiger partial charge in [-0.3, -0.25) is 0 Å². The largest absolute Gasteiger partial charge is 0.317 e. The molecule has 0 saturated carbocycles. The van der Waals surface area contributed by atoms with Crippen molar-refractivity contribution in [1.82, 2.24) is 5.32 Å². The number of likely N-dealkylation sites (N-methyl/N-ethyl adjacent to an activating group) is 1. The highest BCUT2D eigenvalue weighted by Gasteiger charge is 2.08. The van der Waals surface area contributed by atoms with Crippen molar-refractivity contribution in [1.29, 1.82) is 0 Å². The minimum Gasteiger partial charge on any atom is -0.317 e. The van der Waals surface area contributed by atoms with Gasteiger partial charge in [0.15, 0.2) is 0 Å². The molecule has 2 rings (SSSR count). The molecule has 19 heavy (non-hydrogen) atoms. The first-order valence-corrected chi connectivity index (χ1v) is 7.34. The summed E-state index contributed by atoms with van der Waals surface area (Å²) in [5.41, 5.74) is 1.43. The standard InChI is InChI=1S/C18H25N/c1-14(2)8-11-18(19-3)13-15-9-10-16-6-4-5-7-17(16)12-15/h4-7,9-10,12,14,18-19H,8,11,13H2,1-3H3. The summed E-state index contributed by atoms with van der Waals surface area (Å²) in [6, 6.07) is 16.0. The summed E-state index contributed by atoms with van der Waals surface area (Å²) < 4.78 is 0. The first-order chi connectivity index (χ1) is 9.19. The fraction of sp³-hybridized carbons (Fsp3) is 0.444. The van der Waals surface area contributed by atoms with Crippen LogP contribution in [0.4, 0.5) is 0 Å². The summed E-state index contributed by atoms with van der Waals surface area (Å²) in [6.45, 7) is 4.59. The molecular weight excluding hydrogens is 230 g/mol. The lowest BCUT2D eigenvalue weighted by molar-refractivity contribution is 0.451. The number of nitrogens with one attached hydrogen (secondary N) is 1. The first-order valence-electron chi connectivity index (χ1n) is 7.34. The molecule has 0 spiro atoms. The molecule has 1 nitrogen and oxygen atoms in total. The highest BCUT2D eigenvalue weighted by molar-refractivity contribution is 5.82. The van der Waals surface area contributed by atoms with Crippen LogP contribution in [0.1, 0.15) is 32.3 Å². The van der Waals surface area contributed by atoms with Crippen LogP contribution in [0.15, 0.2) is 42.5 Å². The molecule has 0 saturated heterocycles. The van der Waals surface area contributed by atoms with Crippen molar-refractivity contribution < 1.29 is 0 Å². The van der Waals surface area contributed by atoms with E-state index in [4.69, 9.17) is 0 Å². The van der Waals surface area contributed by atoms with Gasteiger partial charge < -0.3 is 5.32 Å². The molecule has 102 valence electrons. The van der Waals surface area contributed by atoms with E-state index in [0.717, 1.165) is 12.3 Å². The molecule has 2 aromatic carbocycles. The Morgan fingerprint density at radius 3 is 2.37 bits per heavy atom. The van der Waals surface area contributed by atoms with Gasteiger partial charge in [0.1, 0.15) is 0 Å². The Balaban J connectivity index is 2.06. The van der Waals surface area contributed by atoms with Crippen molar-refractivity contribution in [3.05, 3.63) is 48.0 Å². The molecule has 0 aliphatic heterocycles. The van der Waals surface area contributed by atoms with Crippen LogP contribution in [0.2, 0.25) is 0 Å². The van der Waals surface area contributed by atoms with E-state index < -0.39 is 0 Å². The summed E-state index contributed by atoms with van der Waals surface area (Å²) in [6.07, 6.45) is 3.66. The van der Waals surface area contributed by atoms with Crippen molar-refractivity contribution in [2.24, 2.45) is 5.92 Å². The van der Waals surface area contributed by atoms with Crippen molar-refractivity contribution in [2.75, 3.05) is 7.05 Å². The minimum absolute atomic E-state index is 0.587. The number of hydrogen-bond acceptors (Lipinski definition) is 1. The lowest BCUT2D eigenvalue weighted by Crippen LogP contribution is -2.27. The van der Waals surface area contributed by atoms with Gasteiger partial charge >= 0.3 is 0 Å². The highest BCUT2D eigenvalue weighted by Crippen LogP contribution is 2.18. The van der Waals surface area contributed by atoms with Gasteiger partial charge in [0, 0.05) is 6.04 Å². The topological polar surface area (TPSA) is 12.0 Å². The fourth-order valence-electron chi connectivity index (χ4n) is 2.53. The first kappa shape index (κ1) is 14.1. The van der Waals surface area contributed by atoms with Crippen LogP contribution in [0.5, 0.6) is 0 Å². The molecule has 0 radical (unpaired) electrons. The molecule has 0 fully saturated rings. The predicted octanol–water partition coefficient (Wildman–Crippen LogP) is 4.41. The second-order valence-electron chi connectivity index (χ2n) is 5.84. The van der Waals surface area contributed by atoms with Gasteiger partial charge in [-0.25, -0.2) is 0 Å². The SMILES string of the molecule is CNC(CCC(C)C)Cc1ccc2ccccc2c1. The summed E-state index contributed by atoms with van der Waals surface area (Å²) >= 11 is 0. The second kappa shape index (κ2) is 6.72. The maximum absolute atomic E-state index is 3.45. The van der Waals surface area contributed by atoms with E-state index in [2.05, 4.69) is 68.7 Å². The summed E-state index contributed by atoms with van der Waals surface area (Å²) in [5, 5.41) is 6.13. The Hall–Kier alpha value is -1.34. The molecule has 0 aliphatic carbocycles. The van der Waals surface area contributed by atoms with Crippen molar-refractivity contribution in [2.45, 2.75) is 39.2 Å². The molecule has 0 bridgehead atoms. The van der Waals surface area contributed by atoms with Crippen LogP contribution in [0, 0.1) is 5.92 Å². The molecule has 1 N–H and O–H groups in total. The summed E-state index contributed by atoms with van der Waals surface area (Å²) in [5.74, 6) is 0.785. The molecule has 2 aromatic rings. The number of rotatable bonds is 6. The van der Waals surface area contributed by atoms with Gasteiger partial charge in [0.25, 0.3) is 0 Å². The van der Waals surface area contributed by atoms with Gasteiger partial charge in [-0.15, -0.1) is 0 Å². The Labute approximate surface area is 117 Å². The number of hydrogen-bond donors (Lipinski definition) is 1. The monoisotopic (exact) mass is 255 g/mol. The Morgan fingerprint density at radius 2 is 1.68 bits per heavy atom. The average Bonchev–Trinajstić information content (AvgIpc) is 2.43. The maximum atomic E-state index is 3.45. The predicted molar refractivity (Wildman–Crippen MR) is 84.6 cm³/mol. The van der Waals surface area contributed by atoms with Gasteiger partial charge in [-0.1, -0.05) is 56.3 Å². The van der Waals surface area contributed by atoms with Crippen LogP contribution >= 0.6 is 0 Å². The lowest BCUT2D eigenvalue weighted by Gasteiger charge is -2.17. The summed E-state index contributed by atoms with van der Waals surface area (Å²) in [4.78, 5) is 0. The average molecular weight is 255 g/mol. The maximum Gasteiger partial charge on any atom is 0.0105 e. The van der Waals surface area contributed by atoms with Crippen LogP contribution in [-0.2, 0) is 6.42 Å². The molecule has 1 atom stereocenters. The van der Waals surface area contributed by atoms with Gasteiger partial charge in [0.05, 0.1) is 0 Å². The highest BCUT2D eigenvalue weighted by atomic mass is 14.9. The minimum atomic E-state index is 0.587. The van der Waals surface area contributed by atoms with Crippen molar-refractivity contribution >= 4 is 10.8 Å². The van der Waals surface area contributed by atoms with Gasteiger partial charge in [0.2, 0.25) is 0 Å². The zero-order valence-electron chi connectivity index (χ0n) is 12.3. The van der Waals surface area contributed by atoms with Crippen molar-refractivity contribution in [3.8, 4) is 0 Å². The molecule has 0 amide bonds. The lowest BCUT2D eigenvalue weighted by atomic mass is 9.96. The number of benzene rings is 2. The summed E-state index contributed by atoms with van der Waals surface area (Å²) in [7, 11) is 2.08. The smallest absolute Gasteiger partial charge is 0.0105 e. The Morgan fingerprint density at radius 1 is 0.947 bits per heavy atom. The van der Waals surface area contributed by atoms with Gasteiger partial charge in [-0.05, 0) is 48.6 Å². The Bertz CT molecular complexity index is 516. The molecule has 0 aliphatic rings. The van der Waals surface area contributed by atoms with E-state index >= 15 is 0 Å². The third kappa shape index (κ3) is 4.07. The van der Waals surface area contributed by atoms with Crippen LogP contribution in [-0.4, -0.2) is 13.1 Å². The second-order valence-corrected chi connectivity index (χ2v) is 5.84. The zero-order valence-corrected chi connectivity index (χ0v) is 12.3. The van der Waals surface area contributed by atoms with E-state index in [1.807, 2.05) is 0 Å². The van der Waals surface area contributed by atoms with E-state index in [1.165, 1.54) is 29.2 Å². The quantitative estimate of drug-likeness (QED) is 0.806. The molecule has 1 unspecified atom stereocenters. The zero-order chi connectivity index (χ0) is 13.7.